The number of carbonyl (C=O) groups is 1. The first-order valence-electron chi connectivity index (χ1n) is 8.74. The molecule has 8 heteroatoms. The molecule has 2 aliphatic heterocycles. The molecule has 0 radical (unpaired) electrons. The Kier molecular flexibility index (Phi) is 8.44. The molecule has 25 heavy (non-hydrogen) atoms. The molecule has 1 amide bonds. The Balaban J connectivity index is 0.00000225. The predicted molar refractivity (Wildman–Crippen MR) is 112 cm³/mol. The lowest BCUT2D eigenvalue weighted by atomic mass is 10.2. The number of nitrogens with zero attached hydrogens (tertiary/aromatic N) is 3. The molecular formula is C17H27IN4O2S. The van der Waals surface area contributed by atoms with Crippen molar-refractivity contribution in [2.75, 3.05) is 39.3 Å². The largest absolute Gasteiger partial charge is 0.368 e. The number of thiophene rings is 1. The summed E-state index contributed by atoms with van der Waals surface area (Å²) in [6, 6.07) is 4.16. The van der Waals surface area contributed by atoms with Crippen LogP contribution in [0.15, 0.2) is 22.5 Å². The van der Waals surface area contributed by atoms with Crippen LogP contribution in [0.1, 0.15) is 24.6 Å². The lowest BCUT2D eigenvalue weighted by molar-refractivity contribution is -0.142. The Labute approximate surface area is 170 Å². The van der Waals surface area contributed by atoms with E-state index in [2.05, 4.69) is 34.7 Å². The van der Waals surface area contributed by atoms with E-state index in [0.717, 1.165) is 58.1 Å². The van der Waals surface area contributed by atoms with E-state index in [1.54, 1.807) is 11.3 Å². The molecule has 1 N–H and O–H groups in total. The van der Waals surface area contributed by atoms with E-state index in [9.17, 15) is 4.79 Å². The number of guanidine groups is 1. The first kappa shape index (κ1) is 20.4. The lowest BCUT2D eigenvalue weighted by Crippen LogP contribution is -2.55. The summed E-state index contributed by atoms with van der Waals surface area (Å²) in [4.78, 5) is 22.6. The number of nitrogens with one attached hydrogen (secondary N) is 1. The van der Waals surface area contributed by atoms with E-state index in [0.29, 0.717) is 6.54 Å². The van der Waals surface area contributed by atoms with Gasteiger partial charge in [0.2, 0.25) is 0 Å². The van der Waals surface area contributed by atoms with Gasteiger partial charge in [-0.25, -0.2) is 4.99 Å². The minimum Gasteiger partial charge on any atom is -0.368 e. The van der Waals surface area contributed by atoms with Crippen molar-refractivity contribution in [3.63, 3.8) is 0 Å². The predicted octanol–water partition coefficient (Wildman–Crippen LogP) is 2.15. The fourth-order valence-corrected chi connectivity index (χ4v) is 3.72. The molecule has 140 valence electrons. The number of halogens is 1. The second-order valence-corrected chi connectivity index (χ2v) is 7.10. The van der Waals surface area contributed by atoms with Crippen LogP contribution in [0.25, 0.3) is 0 Å². The quantitative estimate of drug-likeness (QED) is 0.410. The van der Waals surface area contributed by atoms with E-state index in [-0.39, 0.29) is 36.0 Å². The topological polar surface area (TPSA) is 57.2 Å². The zero-order valence-electron chi connectivity index (χ0n) is 14.6. The molecule has 2 saturated heterocycles. The summed E-state index contributed by atoms with van der Waals surface area (Å²) < 4.78 is 5.52. The van der Waals surface area contributed by atoms with E-state index < -0.39 is 0 Å². The van der Waals surface area contributed by atoms with Gasteiger partial charge in [0.05, 0.1) is 6.54 Å². The minimum absolute atomic E-state index is 0. The van der Waals surface area contributed by atoms with Crippen LogP contribution < -0.4 is 5.32 Å². The summed E-state index contributed by atoms with van der Waals surface area (Å²) in [5.41, 5.74) is 0. The second-order valence-electron chi connectivity index (χ2n) is 6.06. The van der Waals surface area contributed by atoms with Gasteiger partial charge in [-0.15, -0.1) is 35.3 Å². The molecule has 0 bridgehead atoms. The summed E-state index contributed by atoms with van der Waals surface area (Å²) in [5, 5.41) is 5.44. The van der Waals surface area contributed by atoms with E-state index >= 15 is 0 Å². The van der Waals surface area contributed by atoms with Gasteiger partial charge in [-0.3, -0.25) is 4.79 Å². The van der Waals surface area contributed by atoms with Crippen LogP contribution in [0.3, 0.4) is 0 Å². The van der Waals surface area contributed by atoms with Crippen molar-refractivity contribution in [2.45, 2.75) is 32.4 Å². The molecule has 1 unspecified atom stereocenters. The molecule has 1 aromatic rings. The molecular weight excluding hydrogens is 451 g/mol. The van der Waals surface area contributed by atoms with Crippen molar-refractivity contribution in [1.29, 1.82) is 0 Å². The smallest absolute Gasteiger partial charge is 0.251 e. The van der Waals surface area contributed by atoms with Gasteiger partial charge in [0.1, 0.15) is 6.10 Å². The SMILES string of the molecule is CCNC(=NCc1cccs1)N1CCN(C(=O)C2CCCO2)CC1.I. The molecule has 2 fully saturated rings. The molecule has 1 atom stereocenters. The fourth-order valence-electron chi connectivity index (χ4n) is 3.10. The maximum Gasteiger partial charge on any atom is 0.251 e. The van der Waals surface area contributed by atoms with Gasteiger partial charge in [-0.2, -0.15) is 0 Å². The van der Waals surface area contributed by atoms with Crippen LogP contribution in [0, 0.1) is 0 Å². The average molecular weight is 478 g/mol. The summed E-state index contributed by atoms with van der Waals surface area (Å²) >= 11 is 1.73. The average Bonchev–Trinajstić information content (AvgIpc) is 3.31. The summed E-state index contributed by atoms with van der Waals surface area (Å²) in [6.07, 6.45) is 1.65. The van der Waals surface area contributed by atoms with Gasteiger partial charge >= 0.3 is 0 Å². The summed E-state index contributed by atoms with van der Waals surface area (Å²) in [6.45, 7) is 7.45. The molecule has 0 spiro atoms. The van der Waals surface area contributed by atoms with Gasteiger partial charge in [0.25, 0.3) is 5.91 Å². The normalized spacial score (nSPS) is 21.2. The molecule has 1 aromatic heterocycles. The lowest BCUT2D eigenvalue weighted by Gasteiger charge is -2.37. The summed E-state index contributed by atoms with van der Waals surface area (Å²) in [7, 11) is 0. The molecule has 6 nitrogen and oxygen atoms in total. The van der Waals surface area contributed by atoms with Crippen molar-refractivity contribution >= 4 is 47.2 Å². The number of amides is 1. The van der Waals surface area contributed by atoms with Crippen molar-refractivity contribution in [3.05, 3.63) is 22.4 Å². The number of aliphatic imine (C=N–C) groups is 1. The fraction of sp³-hybridized carbons (Fsp3) is 0.647. The van der Waals surface area contributed by atoms with Gasteiger partial charge < -0.3 is 19.9 Å². The van der Waals surface area contributed by atoms with Crippen molar-refractivity contribution in [1.82, 2.24) is 15.1 Å². The Bertz CT molecular complexity index is 553. The van der Waals surface area contributed by atoms with Crippen LogP contribution >= 0.6 is 35.3 Å². The molecule has 0 aliphatic carbocycles. The molecule has 0 aromatic carbocycles. The Morgan fingerprint density at radius 1 is 1.36 bits per heavy atom. The summed E-state index contributed by atoms with van der Waals surface area (Å²) in [5.74, 6) is 1.10. The van der Waals surface area contributed by atoms with Gasteiger partial charge in [-0.1, -0.05) is 6.07 Å². The molecule has 0 saturated carbocycles. The number of ether oxygens (including phenoxy) is 1. The monoisotopic (exact) mass is 478 g/mol. The number of hydrogen-bond acceptors (Lipinski definition) is 4. The molecule has 3 rings (SSSR count). The van der Waals surface area contributed by atoms with Crippen molar-refractivity contribution in [2.24, 2.45) is 4.99 Å². The second kappa shape index (κ2) is 10.3. The number of piperazine rings is 1. The third kappa shape index (κ3) is 5.55. The van der Waals surface area contributed by atoms with Gasteiger partial charge in [-0.05, 0) is 31.2 Å². The number of carbonyl (C=O) groups excluding carboxylic acids is 1. The maximum atomic E-state index is 12.4. The zero-order chi connectivity index (χ0) is 16.8. The third-order valence-corrected chi connectivity index (χ3v) is 5.26. The van der Waals surface area contributed by atoms with E-state index in [4.69, 9.17) is 9.73 Å². The van der Waals surface area contributed by atoms with Crippen molar-refractivity contribution in [3.8, 4) is 0 Å². The van der Waals surface area contributed by atoms with Crippen LogP contribution in [0.5, 0.6) is 0 Å². The Morgan fingerprint density at radius 3 is 2.72 bits per heavy atom. The van der Waals surface area contributed by atoms with E-state index in [1.807, 2.05) is 4.90 Å². The first-order valence-corrected chi connectivity index (χ1v) is 9.62. The third-order valence-electron chi connectivity index (χ3n) is 4.40. The highest BCUT2D eigenvalue weighted by Gasteiger charge is 2.30. The van der Waals surface area contributed by atoms with Crippen LogP contribution in [0.4, 0.5) is 0 Å². The first-order chi connectivity index (χ1) is 11.8. The highest BCUT2D eigenvalue weighted by Crippen LogP contribution is 2.16. The van der Waals surface area contributed by atoms with Crippen LogP contribution in [-0.4, -0.2) is 67.1 Å². The van der Waals surface area contributed by atoms with Gasteiger partial charge in [0, 0.05) is 44.2 Å². The highest BCUT2D eigenvalue weighted by atomic mass is 127. The zero-order valence-corrected chi connectivity index (χ0v) is 17.8. The number of hydrogen-bond donors (Lipinski definition) is 1. The molecule has 3 heterocycles. The minimum atomic E-state index is -0.211. The number of rotatable bonds is 4. The van der Waals surface area contributed by atoms with Crippen LogP contribution in [0.2, 0.25) is 0 Å². The van der Waals surface area contributed by atoms with E-state index in [1.165, 1.54) is 4.88 Å². The highest BCUT2D eigenvalue weighted by molar-refractivity contribution is 14.0. The van der Waals surface area contributed by atoms with Crippen molar-refractivity contribution < 1.29 is 9.53 Å². The van der Waals surface area contributed by atoms with Gasteiger partial charge in [0.15, 0.2) is 5.96 Å². The van der Waals surface area contributed by atoms with Crippen LogP contribution in [-0.2, 0) is 16.1 Å². The Hall–Kier alpha value is -0.870. The Morgan fingerprint density at radius 2 is 2.12 bits per heavy atom. The maximum absolute atomic E-state index is 12.4. The standard InChI is InChI=1S/C17H26N4O2S.HI/c1-2-18-17(19-13-14-5-4-12-24-14)21-9-7-20(8-10-21)16(22)15-6-3-11-23-15;/h4-5,12,15H,2-3,6-11,13H2,1H3,(H,18,19);1H. The molecule has 2 aliphatic rings.